The van der Waals surface area contributed by atoms with Gasteiger partial charge < -0.3 is 20.0 Å². The van der Waals surface area contributed by atoms with Gasteiger partial charge in [0.1, 0.15) is 5.56 Å². The summed E-state index contributed by atoms with van der Waals surface area (Å²) in [6, 6.07) is 19.8. The van der Waals surface area contributed by atoms with Gasteiger partial charge in [-0.25, -0.2) is 9.78 Å². The quantitative estimate of drug-likeness (QED) is 0.265. The van der Waals surface area contributed by atoms with Gasteiger partial charge in [0.05, 0.1) is 11.2 Å². The molecule has 41 heavy (non-hydrogen) atoms. The van der Waals surface area contributed by atoms with Gasteiger partial charge in [-0.15, -0.1) is 0 Å². The van der Waals surface area contributed by atoms with Crippen molar-refractivity contribution in [1.29, 1.82) is 0 Å². The van der Waals surface area contributed by atoms with Crippen molar-refractivity contribution in [3.63, 3.8) is 0 Å². The maximum Gasteiger partial charge on any atom is 0.340 e. The predicted octanol–water partition coefficient (Wildman–Crippen LogP) is 6.43. The van der Waals surface area contributed by atoms with Crippen LogP contribution in [0.15, 0.2) is 66.7 Å². The number of hydrogen-bond acceptors (Lipinski definition) is 5. The van der Waals surface area contributed by atoms with Crippen LogP contribution < -0.4 is 0 Å². The number of aromatic hydroxyl groups is 1. The summed E-state index contributed by atoms with van der Waals surface area (Å²) < 4.78 is 0. The van der Waals surface area contributed by atoms with Crippen LogP contribution in [0.1, 0.15) is 63.9 Å². The molecular formula is C33H36ClN3O4. The Hall–Kier alpha value is -3.94. The van der Waals surface area contributed by atoms with E-state index in [1.165, 1.54) is 19.6 Å². The minimum atomic E-state index is -1.23. The van der Waals surface area contributed by atoms with Crippen molar-refractivity contribution in [1.82, 2.24) is 14.8 Å². The lowest BCUT2D eigenvalue weighted by Crippen LogP contribution is -2.36. The lowest BCUT2D eigenvalue weighted by molar-refractivity contribution is 0.0693. The highest BCUT2D eigenvalue weighted by atomic mass is 35.5. The van der Waals surface area contributed by atoms with Crippen molar-refractivity contribution in [3.8, 4) is 5.75 Å². The molecule has 0 aliphatic carbocycles. The summed E-state index contributed by atoms with van der Waals surface area (Å²) in [6.45, 7) is 11.0. The Balaban J connectivity index is 0.000000493. The van der Waals surface area contributed by atoms with Crippen molar-refractivity contribution in [2.75, 3.05) is 26.2 Å². The zero-order valence-electron chi connectivity index (χ0n) is 23.7. The van der Waals surface area contributed by atoms with Crippen LogP contribution in [0.4, 0.5) is 0 Å². The predicted molar refractivity (Wildman–Crippen MR) is 163 cm³/mol. The molecule has 2 heterocycles. The summed E-state index contributed by atoms with van der Waals surface area (Å²) >= 11 is 5.98. The van der Waals surface area contributed by atoms with E-state index in [4.69, 9.17) is 16.6 Å². The smallest absolute Gasteiger partial charge is 0.340 e. The number of carbonyl (C=O) groups excluding carboxylic acids is 1. The average Bonchev–Trinajstić information content (AvgIpc) is 2.99. The number of carboxylic acids is 1. The maximum atomic E-state index is 13.1. The van der Waals surface area contributed by atoms with Crippen molar-refractivity contribution < 1.29 is 19.8 Å². The van der Waals surface area contributed by atoms with Gasteiger partial charge >= 0.3 is 5.97 Å². The highest BCUT2D eigenvalue weighted by molar-refractivity contribution is 6.30. The van der Waals surface area contributed by atoms with Gasteiger partial charge in [-0.1, -0.05) is 74.8 Å². The van der Waals surface area contributed by atoms with E-state index in [2.05, 4.69) is 25.7 Å². The normalized spacial score (nSPS) is 12.6. The summed E-state index contributed by atoms with van der Waals surface area (Å²) in [7, 11) is 0. The average molecular weight is 574 g/mol. The van der Waals surface area contributed by atoms with Crippen LogP contribution in [0.25, 0.3) is 10.9 Å². The first-order valence-electron chi connectivity index (χ1n) is 14.0. The molecule has 4 aromatic rings. The fourth-order valence-corrected chi connectivity index (χ4v) is 5.27. The van der Waals surface area contributed by atoms with Crippen LogP contribution in [0.3, 0.4) is 0 Å². The molecule has 8 heteroatoms. The Morgan fingerprint density at radius 2 is 1.61 bits per heavy atom. The molecule has 0 bridgehead atoms. The molecule has 5 rings (SSSR count). The minimum Gasteiger partial charge on any atom is -0.505 e. The first-order chi connectivity index (χ1) is 19.8. The van der Waals surface area contributed by atoms with Crippen molar-refractivity contribution >= 4 is 34.4 Å². The number of pyridine rings is 1. The second kappa shape index (κ2) is 13.6. The molecule has 0 atom stereocenters. The Labute approximate surface area is 246 Å². The zero-order chi connectivity index (χ0) is 29.5. The van der Waals surface area contributed by atoms with Crippen molar-refractivity contribution in [3.05, 3.63) is 105 Å². The van der Waals surface area contributed by atoms with E-state index in [9.17, 15) is 19.8 Å². The number of aromatic carboxylic acids is 1. The van der Waals surface area contributed by atoms with E-state index >= 15 is 0 Å². The lowest BCUT2D eigenvalue weighted by Gasteiger charge is -2.30. The fourth-order valence-electron chi connectivity index (χ4n) is 5.15. The number of aromatic nitrogens is 1. The number of benzene rings is 3. The molecule has 7 nitrogen and oxygen atoms in total. The zero-order valence-corrected chi connectivity index (χ0v) is 24.5. The molecule has 0 unspecified atom stereocenters. The summed E-state index contributed by atoms with van der Waals surface area (Å²) in [5.74, 6) is -1.65. The third-order valence-electron chi connectivity index (χ3n) is 7.55. The van der Waals surface area contributed by atoms with Crippen LogP contribution >= 0.6 is 11.6 Å². The highest BCUT2D eigenvalue weighted by Crippen LogP contribution is 2.35. The Kier molecular flexibility index (Phi) is 9.97. The Morgan fingerprint density at radius 1 is 0.951 bits per heavy atom. The molecule has 1 aromatic heterocycles. The van der Waals surface area contributed by atoms with Crippen LogP contribution in [-0.2, 0) is 19.4 Å². The second-order valence-corrected chi connectivity index (χ2v) is 10.4. The first-order valence-corrected chi connectivity index (χ1v) is 14.4. The molecule has 3 aromatic carbocycles. The SMILES string of the molecule is CCN(CC)CC.O=C(O)c1c(O)c(Cc2ccc(Cl)cc2)nc2c3c(ccc12)CCN(C(=O)c1ccccc1)C3. The molecule has 214 valence electrons. The Morgan fingerprint density at radius 3 is 2.20 bits per heavy atom. The summed E-state index contributed by atoms with van der Waals surface area (Å²) in [6.07, 6.45) is 0.886. The van der Waals surface area contributed by atoms with Crippen molar-refractivity contribution in [2.45, 2.75) is 40.2 Å². The van der Waals surface area contributed by atoms with E-state index in [0.29, 0.717) is 41.0 Å². The molecule has 0 saturated heterocycles. The van der Waals surface area contributed by atoms with Gasteiger partial charge in [-0.3, -0.25) is 4.79 Å². The number of nitrogens with zero attached hydrogens (tertiary/aromatic N) is 3. The van der Waals surface area contributed by atoms with Crippen LogP contribution in [0.2, 0.25) is 5.02 Å². The minimum absolute atomic E-state index is 0.0816. The van der Waals surface area contributed by atoms with Crippen LogP contribution in [0, 0.1) is 0 Å². The monoisotopic (exact) mass is 573 g/mol. The molecule has 1 aliphatic heterocycles. The summed E-state index contributed by atoms with van der Waals surface area (Å²) in [4.78, 5) is 34.1. The standard InChI is InChI=1S/C27H21ClN2O4.C6H15N/c28-19-9-6-16(7-10-19)14-22-25(31)23(27(33)34)20-11-8-17-12-13-30(15-21(17)24(20)29-22)26(32)18-4-2-1-3-5-18;1-4-7(5-2)6-3/h1-11,31H,12-15H2,(H,33,34);4-6H2,1-3H3. The molecule has 2 N–H and O–H groups in total. The second-order valence-electron chi connectivity index (χ2n) is 9.95. The van der Waals surface area contributed by atoms with E-state index < -0.39 is 5.97 Å². The number of hydrogen-bond donors (Lipinski definition) is 2. The molecule has 1 aliphatic rings. The van der Waals surface area contributed by atoms with E-state index in [0.717, 1.165) is 16.7 Å². The first kappa shape index (κ1) is 30.0. The number of halogens is 1. The van der Waals surface area contributed by atoms with Gasteiger partial charge in [-0.05, 0) is 61.4 Å². The lowest BCUT2D eigenvalue weighted by atomic mass is 9.93. The number of rotatable bonds is 7. The van der Waals surface area contributed by atoms with Gasteiger partial charge in [0.25, 0.3) is 5.91 Å². The van der Waals surface area contributed by atoms with Crippen LogP contribution in [-0.4, -0.2) is 63.1 Å². The van der Waals surface area contributed by atoms with E-state index in [1.54, 1.807) is 35.2 Å². The molecular weight excluding hydrogens is 538 g/mol. The van der Waals surface area contributed by atoms with Gasteiger partial charge in [0.15, 0.2) is 5.75 Å². The molecule has 0 radical (unpaired) electrons. The van der Waals surface area contributed by atoms with Gasteiger partial charge in [-0.2, -0.15) is 0 Å². The molecule has 0 fully saturated rings. The van der Waals surface area contributed by atoms with Crippen LogP contribution in [0.5, 0.6) is 5.75 Å². The van der Waals surface area contributed by atoms with E-state index in [-0.39, 0.29) is 29.3 Å². The third-order valence-corrected chi connectivity index (χ3v) is 7.81. The number of carbonyl (C=O) groups is 2. The number of carboxylic acid groups (broad SMARTS) is 1. The third kappa shape index (κ3) is 6.87. The summed E-state index contributed by atoms with van der Waals surface area (Å²) in [5, 5.41) is 21.7. The molecule has 0 saturated carbocycles. The van der Waals surface area contributed by atoms with Crippen molar-refractivity contribution in [2.24, 2.45) is 0 Å². The van der Waals surface area contributed by atoms with Gasteiger partial charge in [0.2, 0.25) is 0 Å². The Bertz CT molecular complexity index is 1510. The molecule has 1 amide bonds. The maximum absolute atomic E-state index is 13.1. The highest BCUT2D eigenvalue weighted by Gasteiger charge is 2.27. The largest absolute Gasteiger partial charge is 0.505 e. The fraction of sp³-hybridized carbons (Fsp3) is 0.303. The number of amides is 1. The molecule has 0 spiro atoms. The summed E-state index contributed by atoms with van der Waals surface area (Å²) in [5.41, 5.74) is 3.88. The van der Waals surface area contributed by atoms with Gasteiger partial charge in [0, 0.05) is 41.0 Å². The topological polar surface area (TPSA) is 94.0 Å². The number of fused-ring (bicyclic) bond motifs is 3. The van der Waals surface area contributed by atoms with E-state index in [1.807, 2.05) is 36.4 Å².